The van der Waals surface area contributed by atoms with E-state index < -0.39 is 0 Å². The quantitative estimate of drug-likeness (QED) is 0.876. The number of hydrogen-bond donors (Lipinski definition) is 2. The van der Waals surface area contributed by atoms with Gasteiger partial charge in [0.1, 0.15) is 0 Å². The molecular weight excluding hydrogens is 330 g/mol. The number of aromatic nitrogens is 3. The summed E-state index contributed by atoms with van der Waals surface area (Å²) in [4.78, 5) is 17.1. The van der Waals surface area contributed by atoms with Gasteiger partial charge in [-0.2, -0.15) is 10.1 Å². The maximum atomic E-state index is 12.5. The maximum Gasteiger partial charge on any atom is 0.229 e. The highest BCUT2D eigenvalue weighted by molar-refractivity contribution is 5.89. The van der Waals surface area contributed by atoms with E-state index >= 15 is 0 Å². The van der Waals surface area contributed by atoms with Crippen molar-refractivity contribution in [1.82, 2.24) is 20.1 Å². The molecule has 7 nitrogen and oxygen atoms in total. The first kappa shape index (κ1) is 17.2. The number of amides is 1. The summed E-state index contributed by atoms with van der Waals surface area (Å²) in [5, 5.41) is 10.8. The Bertz CT molecular complexity index is 782. The van der Waals surface area contributed by atoms with E-state index in [0.717, 1.165) is 43.7 Å². The molecule has 0 aliphatic carbocycles. The summed E-state index contributed by atoms with van der Waals surface area (Å²) in [5.41, 5.74) is 2.38. The standard InChI is InChI=1S/C19H25N5O2/c1-24-19(22-18(23-24)14-6-9-20-10-7-14)21-17(25)12-16-15-5-3-2-4-13(15)8-11-26-16/h2-5,14,16,20H,6-12H2,1H3,(H,21,22,23,25). The Morgan fingerprint density at radius 1 is 1.35 bits per heavy atom. The van der Waals surface area contributed by atoms with Crippen LogP contribution in [0.25, 0.3) is 0 Å². The number of rotatable bonds is 4. The van der Waals surface area contributed by atoms with Gasteiger partial charge in [-0.25, -0.2) is 4.68 Å². The highest BCUT2D eigenvalue weighted by atomic mass is 16.5. The van der Waals surface area contributed by atoms with E-state index in [2.05, 4.69) is 26.8 Å². The van der Waals surface area contributed by atoms with Gasteiger partial charge >= 0.3 is 0 Å². The molecule has 0 saturated carbocycles. The zero-order valence-electron chi connectivity index (χ0n) is 15.1. The summed E-state index contributed by atoms with van der Waals surface area (Å²) in [6, 6.07) is 8.18. The van der Waals surface area contributed by atoms with Crippen molar-refractivity contribution in [2.45, 2.75) is 37.7 Å². The Morgan fingerprint density at radius 2 is 2.15 bits per heavy atom. The molecule has 1 fully saturated rings. The van der Waals surface area contributed by atoms with Crippen LogP contribution in [-0.2, 0) is 23.0 Å². The summed E-state index contributed by atoms with van der Waals surface area (Å²) in [5.74, 6) is 1.59. The lowest BCUT2D eigenvalue weighted by Gasteiger charge is -2.25. The average Bonchev–Trinajstić information content (AvgIpc) is 3.03. The third-order valence-corrected chi connectivity index (χ3v) is 5.20. The molecule has 0 bridgehead atoms. The normalized spacial score (nSPS) is 20.6. The highest BCUT2D eigenvalue weighted by Crippen LogP contribution is 2.30. The van der Waals surface area contributed by atoms with Gasteiger partial charge in [-0.1, -0.05) is 24.3 Å². The Hall–Kier alpha value is -2.25. The summed E-state index contributed by atoms with van der Waals surface area (Å²) >= 11 is 0. The number of fused-ring (bicyclic) bond motifs is 1. The first-order valence-corrected chi connectivity index (χ1v) is 9.31. The summed E-state index contributed by atoms with van der Waals surface area (Å²) in [6.07, 6.45) is 3.05. The fraction of sp³-hybridized carbons (Fsp3) is 0.526. The van der Waals surface area contributed by atoms with Crippen LogP contribution >= 0.6 is 0 Å². The SMILES string of the molecule is Cn1nc(C2CCNCC2)nc1NC(=O)CC1OCCc2ccccc21. The van der Waals surface area contributed by atoms with E-state index in [4.69, 9.17) is 4.74 Å². The van der Waals surface area contributed by atoms with Gasteiger partial charge in [0.15, 0.2) is 5.82 Å². The molecule has 1 unspecified atom stereocenters. The first-order valence-electron chi connectivity index (χ1n) is 9.31. The molecule has 3 heterocycles. The van der Waals surface area contributed by atoms with Crippen molar-refractivity contribution in [2.24, 2.45) is 7.05 Å². The number of hydrogen-bond acceptors (Lipinski definition) is 5. The molecule has 1 aromatic carbocycles. The van der Waals surface area contributed by atoms with Crippen molar-refractivity contribution >= 4 is 11.9 Å². The molecule has 2 aliphatic heterocycles. The van der Waals surface area contributed by atoms with Crippen LogP contribution in [0, 0.1) is 0 Å². The lowest BCUT2D eigenvalue weighted by molar-refractivity contribution is -0.119. The van der Waals surface area contributed by atoms with Gasteiger partial charge < -0.3 is 10.1 Å². The number of aryl methyl sites for hydroxylation is 1. The third kappa shape index (κ3) is 3.64. The number of benzene rings is 1. The van der Waals surface area contributed by atoms with Crippen molar-refractivity contribution in [1.29, 1.82) is 0 Å². The van der Waals surface area contributed by atoms with Crippen LogP contribution in [0.1, 0.15) is 48.2 Å². The monoisotopic (exact) mass is 355 g/mol. The van der Waals surface area contributed by atoms with E-state index in [1.165, 1.54) is 5.56 Å². The zero-order valence-corrected chi connectivity index (χ0v) is 15.1. The van der Waals surface area contributed by atoms with Crippen LogP contribution in [-0.4, -0.2) is 40.4 Å². The van der Waals surface area contributed by atoms with Crippen molar-refractivity contribution in [2.75, 3.05) is 25.0 Å². The van der Waals surface area contributed by atoms with Crippen molar-refractivity contribution in [3.8, 4) is 0 Å². The molecule has 26 heavy (non-hydrogen) atoms. The van der Waals surface area contributed by atoms with Crippen LogP contribution in [0.4, 0.5) is 5.95 Å². The van der Waals surface area contributed by atoms with E-state index in [1.807, 2.05) is 25.2 Å². The smallest absolute Gasteiger partial charge is 0.229 e. The molecule has 138 valence electrons. The molecule has 0 spiro atoms. The van der Waals surface area contributed by atoms with Gasteiger partial charge in [0, 0.05) is 13.0 Å². The van der Waals surface area contributed by atoms with E-state index in [9.17, 15) is 4.79 Å². The molecule has 1 amide bonds. The summed E-state index contributed by atoms with van der Waals surface area (Å²) < 4.78 is 7.49. The number of nitrogens with one attached hydrogen (secondary N) is 2. The molecule has 1 aromatic heterocycles. The van der Waals surface area contributed by atoms with Crippen LogP contribution in [0.2, 0.25) is 0 Å². The third-order valence-electron chi connectivity index (χ3n) is 5.20. The van der Waals surface area contributed by atoms with Gasteiger partial charge in [-0.15, -0.1) is 0 Å². The predicted molar refractivity (Wildman–Crippen MR) is 97.9 cm³/mol. The Kier molecular flexibility index (Phi) is 4.99. The van der Waals surface area contributed by atoms with Crippen molar-refractivity contribution in [3.05, 3.63) is 41.2 Å². The van der Waals surface area contributed by atoms with Gasteiger partial charge in [0.25, 0.3) is 0 Å². The van der Waals surface area contributed by atoms with E-state index in [1.54, 1.807) is 4.68 Å². The average molecular weight is 355 g/mol. The van der Waals surface area contributed by atoms with Crippen LogP contribution in [0.3, 0.4) is 0 Å². The summed E-state index contributed by atoms with van der Waals surface area (Å²) in [6.45, 7) is 2.63. The molecule has 4 rings (SSSR count). The Labute approximate surface area is 153 Å². The molecule has 7 heteroatoms. The highest BCUT2D eigenvalue weighted by Gasteiger charge is 2.25. The van der Waals surface area contributed by atoms with Crippen molar-refractivity contribution < 1.29 is 9.53 Å². The topological polar surface area (TPSA) is 81.1 Å². The van der Waals surface area contributed by atoms with Crippen LogP contribution in [0.15, 0.2) is 24.3 Å². The van der Waals surface area contributed by atoms with Crippen molar-refractivity contribution in [3.63, 3.8) is 0 Å². The lowest BCUT2D eigenvalue weighted by atomic mass is 9.96. The number of carbonyl (C=O) groups is 1. The first-order chi connectivity index (χ1) is 12.7. The second-order valence-corrected chi connectivity index (χ2v) is 7.00. The number of ether oxygens (including phenoxy) is 1. The molecule has 1 atom stereocenters. The number of piperidine rings is 1. The summed E-state index contributed by atoms with van der Waals surface area (Å²) in [7, 11) is 1.82. The molecule has 2 aliphatic rings. The van der Waals surface area contributed by atoms with E-state index in [0.29, 0.717) is 18.5 Å². The molecule has 0 radical (unpaired) electrons. The molecular formula is C19H25N5O2. The minimum atomic E-state index is -0.197. The molecule has 2 aromatic rings. The van der Waals surface area contributed by atoms with Gasteiger partial charge in [-0.3, -0.25) is 10.1 Å². The number of nitrogens with zero attached hydrogens (tertiary/aromatic N) is 3. The number of anilines is 1. The Morgan fingerprint density at radius 3 is 3.00 bits per heavy atom. The lowest BCUT2D eigenvalue weighted by Crippen LogP contribution is -2.27. The fourth-order valence-corrected chi connectivity index (χ4v) is 3.76. The maximum absolute atomic E-state index is 12.5. The fourth-order valence-electron chi connectivity index (χ4n) is 3.76. The zero-order chi connectivity index (χ0) is 17.9. The largest absolute Gasteiger partial charge is 0.373 e. The van der Waals surface area contributed by atoms with E-state index in [-0.39, 0.29) is 18.4 Å². The second-order valence-electron chi connectivity index (χ2n) is 7.00. The van der Waals surface area contributed by atoms with Gasteiger partial charge in [0.2, 0.25) is 11.9 Å². The Balaban J connectivity index is 1.42. The van der Waals surface area contributed by atoms with Crippen LogP contribution in [0.5, 0.6) is 0 Å². The second kappa shape index (κ2) is 7.55. The van der Waals surface area contributed by atoms with Gasteiger partial charge in [-0.05, 0) is 43.5 Å². The number of carbonyl (C=O) groups excluding carboxylic acids is 1. The molecule has 2 N–H and O–H groups in total. The van der Waals surface area contributed by atoms with Gasteiger partial charge in [0.05, 0.1) is 19.1 Å². The molecule has 1 saturated heterocycles. The predicted octanol–water partition coefficient (Wildman–Crippen LogP) is 1.92. The minimum absolute atomic E-state index is 0.0981. The van der Waals surface area contributed by atoms with Crippen LogP contribution < -0.4 is 10.6 Å². The minimum Gasteiger partial charge on any atom is -0.373 e.